The van der Waals surface area contributed by atoms with E-state index in [2.05, 4.69) is 15.3 Å². The van der Waals surface area contributed by atoms with Crippen molar-refractivity contribution in [3.63, 3.8) is 0 Å². The molecule has 8 nitrogen and oxygen atoms in total. The predicted octanol–water partition coefficient (Wildman–Crippen LogP) is 3.60. The van der Waals surface area contributed by atoms with E-state index in [9.17, 15) is 14.3 Å². The van der Waals surface area contributed by atoms with E-state index in [1.165, 1.54) is 12.3 Å². The summed E-state index contributed by atoms with van der Waals surface area (Å²) in [5.41, 5.74) is 1.37. The van der Waals surface area contributed by atoms with Crippen LogP contribution in [0.4, 0.5) is 15.0 Å². The first-order valence-electron chi connectivity index (χ1n) is 11.1. The third-order valence-electron chi connectivity index (χ3n) is 6.32. The summed E-state index contributed by atoms with van der Waals surface area (Å²) in [6.45, 7) is 0.808. The maximum Gasteiger partial charge on any atom is 0.413 e. The quantitative estimate of drug-likeness (QED) is 0.645. The van der Waals surface area contributed by atoms with Crippen LogP contribution < -0.4 is 15.0 Å². The van der Waals surface area contributed by atoms with Gasteiger partial charge >= 0.3 is 6.09 Å². The number of aliphatic hydroxyl groups excluding tert-OH is 1. The molecule has 1 amide bonds. The SMILES string of the molecule is O=C(N[C@H]1CC[C@H](O)CC1)Oc1cnn2ccc(N3CCC[C@@H]3c3cccc(F)c3)nc12. The lowest BCUT2D eigenvalue weighted by atomic mass is 9.93. The molecule has 1 aliphatic heterocycles. The number of aromatic nitrogens is 3. The smallest absolute Gasteiger partial charge is 0.405 e. The topological polar surface area (TPSA) is 92.0 Å². The molecule has 3 heterocycles. The first-order valence-corrected chi connectivity index (χ1v) is 11.1. The fraction of sp³-hybridized carbons (Fsp3) is 0.435. The van der Waals surface area contributed by atoms with Crippen LogP contribution in [0.1, 0.15) is 50.1 Å². The third-order valence-corrected chi connectivity index (χ3v) is 6.32. The van der Waals surface area contributed by atoms with Crippen LogP contribution >= 0.6 is 0 Å². The van der Waals surface area contributed by atoms with E-state index in [1.807, 2.05) is 12.1 Å². The van der Waals surface area contributed by atoms with Gasteiger partial charge in [0.15, 0.2) is 5.75 Å². The minimum absolute atomic E-state index is 0.00659. The van der Waals surface area contributed by atoms with Crippen molar-refractivity contribution < 1.29 is 19.0 Å². The zero-order valence-corrected chi connectivity index (χ0v) is 17.7. The molecule has 3 aromatic rings. The summed E-state index contributed by atoms with van der Waals surface area (Å²) < 4.78 is 20.8. The van der Waals surface area contributed by atoms with Crippen molar-refractivity contribution in [1.82, 2.24) is 19.9 Å². The standard InChI is InChI=1S/C23H26FN5O3/c24-16-4-1-3-15(13-16)19-5-2-11-28(19)21-10-12-29-22(27-21)20(14-25-29)32-23(31)26-17-6-8-18(30)9-7-17/h1,3-4,10,12-14,17-19,30H,2,5-9,11H2,(H,26,31)/t17-,18-,19-/m1/s1. The van der Waals surface area contributed by atoms with Crippen molar-refractivity contribution in [3.05, 3.63) is 54.1 Å². The molecule has 9 heteroatoms. The maximum atomic E-state index is 13.8. The van der Waals surface area contributed by atoms with Crippen LogP contribution in [0.15, 0.2) is 42.7 Å². The van der Waals surface area contributed by atoms with Crippen molar-refractivity contribution in [2.24, 2.45) is 0 Å². The molecule has 1 saturated heterocycles. The molecule has 1 aromatic carbocycles. The van der Waals surface area contributed by atoms with E-state index in [1.54, 1.807) is 22.8 Å². The molecular formula is C23H26FN5O3. The molecule has 5 rings (SSSR count). The Morgan fingerprint density at radius 3 is 2.84 bits per heavy atom. The Hall–Kier alpha value is -3.20. The van der Waals surface area contributed by atoms with Crippen LogP contribution in [0.2, 0.25) is 0 Å². The summed E-state index contributed by atoms with van der Waals surface area (Å²) in [4.78, 5) is 19.3. The van der Waals surface area contributed by atoms with Crippen molar-refractivity contribution in [2.45, 2.75) is 56.7 Å². The van der Waals surface area contributed by atoms with Gasteiger partial charge in [0.25, 0.3) is 0 Å². The Kier molecular flexibility index (Phi) is 5.65. The number of nitrogens with one attached hydrogen (secondary N) is 1. The summed E-state index contributed by atoms with van der Waals surface area (Å²) in [5, 5.41) is 16.7. The van der Waals surface area contributed by atoms with Gasteiger partial charge in [-0.1, -0.05) is 12.1 Å². The van der Waals surface area contributed by atoms with E-state index < -0.39 is 6.09 Å². The average Bonchev–Trinajstić information content (AvgIpc) is 3.43. The molecule has 1 aliphatic carbocycles. The summed E-state index contributed by atoms with van der Waals surface area (Å²) in [7, 11) is 0. The first-order chi connectivity index (χ1) is 15.6. The van der Waals surface area contributed by atoms with Gasteiger partial charge in [0.2, 0.25) is 5.65 Å². The van der Waals surface area contributed by atoms with Gasteiger partial charge in [0.1, 0.15) is 11.6 Å². The van der Waals surface area contributed by atoms with Crippen molar-refractivity contribution in [3.8, 4) is 5.75 Å². The number of nitrogens with zero attached hydrogens (tertiary/aromatic N) is 4. The summed E-state index contributed by atoms with van der Waals surface area (Å²) in [6, 6.07) is 8.59. The van der Waals surface area contributed by atoms with E-state index in [4.69, 9.17) is 9.72 Å². The van der Waals surface area contributed by atoms with Crippen LogP contribution in [0.5, 0.6) is 5.75 Å². The molecule has 168 valence electrons. The molecule has 0 bridgehead atoms. The highest BCUT2D eigenvalue weighted by molar-refractivity contribution is 5.73. The number of halogens is 1. The second-order valence-corrected chi connectivity index (χ2v) is 8.51. The molecule has 2 aliphatic rings. The second kappa shape index (κ2) is 8.74. The predicted molar refractivity (Wildman–Crippen MR) is 116 cm³/mol. The number of anilines is 1. The highest BCUT2D eigenvalue weighted by Gasteiger charge is 2.28. The van der Waals surface area contributed by atoms with Gasteiger partial charge in [0.05, 0.1) is 18.3 Å². The van der Waals surface area contributed by atoms with Gasteiger partial charge in [-0.2, -0.15) is 5.10 Å². The number of carbonyl (C=O) groups excluding carboxylic acids is 1. The molecular weight excluding hydrogens is 413 g/mol. The summed E-state index contributed by atoms with van der Waals surface area (Å²) >= 11 is 0. The normalized spacial score (nSPS) is 23.4. The number of benzene rings is 1. The largest absolute Gasteiger partial charge is 0.413 e. The van der Waals surface area contributed by atoms with Gasteiger partial charge in [-0.15, -0.1) is 0 Å². The van der Waals surface area contributed by atoms with E-state index in [-0.39, 0.29) is 29.8 Å². The van der Waals surface area contributed by atoms with Crippen LogP contribution in [0.25, 0.3) is 5.65 Å². The molecule has 32 heavy (non-hydrogen) atoms. The second-order valence-electron chi connectivity index (χ2n) is 8.51. The Labute approximate surface area is 185 Å². The third kappa shape index (κ3) is 4.25. The van der Waals surface area contributed by atoms with Gasteiger partial charge < -0.3 is 20.1 Å². The molecule has 2 aromatic heterocycles. The van der Waals surface area contributed by atoms with Crippen LogP contribution in [0.3, 0.4) is 0 Å². The highest BCUT2D eigenvalue weighted by atomic mass is 19.1. The maximum absolute atomic E-state index is 13.8. The van der Waals surface area contributed by atoms with E-state index in [0.29, 0.717) is 18.5 Å². The van der Waals surface area contributed by atoms with E-state index in [0.717, 1.165) is 43.6 Å². The lowest BCUT2D eigenvalue weighted by molar-refractivity contribution is 0.115. The van der Waals surface area contributed by atoms with Gasteiger partial charge in [0, 0.05) is 18.8 Å². The monoisotopic (exact) mass is 439 g/mol. The lowest BCUT2D eigenvalue weighted by Gasteiger charge is -2.26. The number of aliphatic hydroxyl groups is 1. The number of rotatable bonds is 4. The molecule has 0 unspecified atom stereocenters. The average molecular weight is 439 g/mol. The first kappa shape index (κ1) is 20.7. The van der Waals surface area contributed by atoms with Gasteiger partial charge in [-0.05, 0) is 62.3 Å². The molecule has 2 N–H and O–H groups in total. The molecule has 2 fully saturated rings. The summed E-state index contributed by atoms with van der Waals surface area (Å²) in [6.07, 6.45) is 7.13. The van der Waals surface area contributed by atoms with E-state index >= 15 is 0 Å². The van der Waals surface area contributed by atoms with Crippen LogP contribution in [0, 0.1) is 5.82 Å². The minimum Gasteiger partial charge on any atom is -0.405 e. The van der Waals surface area contributed by atoms with Crippen molar-refractivity contribution in [2.75, 3.05) is 11.4 Å². The Balaban J connectivity index is 1.34. The number of hydrogen-bond acceptors (Lipinski definition) is 6. The number of amides is 1. The Bertz CT molecular complexity index is 1110. The Morgan fingerprint density at radius 2 is 2.03 bits per heavy atom. The fourth-order valence-corrected chi connectivity index (χ4v) is 4.69. The van der Waals surface area contributed by atoms with Gasteiger partial charge in [-0.3, -0.25) is 0 Å². The fourth-order valence-electron chi connectivity index (χ4n) is 4.69. The van der Waals surface area contributed by atoms with Crippen molar-refractivity contribution >= 4 is 17.6 Å². The number of hydrogen-bond donors (Lipinski definition) is 2. The molecule has 1 saturated carbocycles. The molecule has 0 spiro atoms. The zero-order valence-electron chi connectivity index (χ0n) is 17.7. The minimum atomic E-state index is -0.549. The number of fused-ring (bicyclic) bond motifs is 1. The van der Waals surface area contributed by atoms with Gasteiger partial charge in [-0.25, -0.2) is 18.7 Å². The number of carbonyl (C=O) groups is 1. The van der Waals surface area contributed by atoms with Crippen molar-refractivity contribution in [1.29, 1.82) is 0 Å². The molecule has 0 radical (unpaired) electrons. The lowest BCUT2D eigenvalue weighted by Crippen LogP contribution is -2.40. The van der Waals surface area contributed by atoms with Crippen LogP contribution in [-0.4, -0.2) is 44.5 Å². The summed E-state index contributed by atoms with van der Waals surface area (Å²) in [5.74, 6) is 0.765. The molecule has 1 atom stereocenters. The number of ether oxygens (including phenoxy) is 1. The zero-order chi connectivity index (χ0) is 22.1. The Morgan fingerprint density at radius 1 is 1.19 bits per heavy atom. The highest BCUT2D eigenvalue weighted by Crippen LogP contribution is 2.36. The van der Waals surface area contributed by atoms with Crippen LogP contribution in [-0.2, 0) is 0 Å².